The molecular formula is C17H32N2O. The molecule has 3 heteroatoms. The van der Waals surface area contributed by atoms with Gasteiger partial charge in [-0.2, -0.15) is 0 Å². The minimum absolute atomic E-state index is 0.117. The molecule has 0 radical (unpaired) electrons. The first kappa shape index (κ1) is 17.2. The third-order valence-corrected chi connectivity index (χ3v) is 3.94. The van der Waals surface area contributed by atoms with Gasteiger partial charge in [0.2, 0.25) is 0 Å². The molecule has 0 aliphatic rings. The van der Waals surface area contributed by atoms with Gasteiger partial charge in [-0.3, -0.25) is 0 Å². The summed E-state index contributed by atoms with van der Waals surface area (Å²) >= 11 is 0. The maximum absolute atomic E-state index is 9.16. The highest BCUT2D eigenvalue weighted by molar-refractivity contribution is 4.87. The van der Waals surface area contributed by atoms with E-state index in [4.69, 9.17) is 5.11 Å². The fourth-order valence-electron chi connectivity index (χ4n) is 2.60. The molecule has 0 saturated carbocycles. The van der Waals surface area contributed by atoms with Crippen molar-refractivity contribution in [3.8, 4) is 0 Å². The highest BCUT2D eigenvalue weighted by Gasteiger charge is 1.97. The lowest BCUT2D eigenvalue weighted by molar-refractivity contribution is 0.180. The predicted molar refractivity (Wildman–Crippen MR) is 84.8 cm³/mol. The van der Waals surface area contributed by atoms with Gasteiger partial charge in [-0.15, -0.1) is 0 Å². The molecular weight excluding hydrogens is 248 g/mol. The number of aromatic nitrogens is 2. The number of hydrogen-bond donors (Lipinski definition) is 1. The molecule has 1 N–H and O–H groups in total. The first-order valence-corrected chi connectivity index (χ1v) is 8.36. The average Bonchev–Trinajstić information content (AvgIpc) is 2.81. The number of aryl methyl sites for hydroxylation is 2. The molecule has 1 aromatic rings. The fourth-order valence-corrected chi connectivity index (χ4v) is 2.60. The van der Waals surface area contributed by atoms with Crippen LogP contribution in [0.1, 0.15) is 77.0 Å². The number of rotatable bonds is 12. The summed E-state index contributed by atoms with van der Waals surface area (Å²) in [6.45, 7) is 5.06. The van der Waals surface area contributed by atoms with Crippen molar-refractivity contribution >= 4 is 0 Å². The molecule has 1 aromatic heterocycles. The Labute approximate surface area is 124 Å². The van der Waals surface area contributed by atoms with Gasteiger partial charge in [-0.25, -0.2) is 4.98 Å². The smallest absolute Gasteiger partial charge is 0.105 e. The van der Waals surface area contributed by atoms with Crippen LogP contribution in [0, 0.1) is 6.92 Å². The third kappa shape index (κ3) is 8.36. The second-order valence-electron chi connectivity index (χ2n) is 5.99. The molecule has 0 saturated heterocycles. The molecule has 0 aliphatic heterocycles. The van der Waals surface area contributed by atoms with Crippen LogP contribution in [0.15, 0.2) is 12.4 Å². The zero-order valence-corrected chi connectivity index (χ0v) is 13.4. The van der Waals surface area contributed by atoms with Gasteiger partial charge < -0.3 is 9.67 Å². The highest BCUT2D eigenvalue weighted by Crippen LogP contribution is 2.12. The normalized spacial score (nSPS) is 12.8. The van der Waals surface area contributed by atoms with Crippen molar-refractivity contribution in [2.45, 2.75) is 90.7 Å². The van der Waals surface area contributed by atoms with Crippen molar-refractivity contribution < 1.29 is 5.11 Å². The maximum atomic E-state index is 9.16. The molecule has 3 nitrogen and oxygen atoms in total. The summed E-state index contributed by atoms with van der Waals surface area (Å²) in [7, 11) is 0. The van der Waals surface area contributed by atoms with Crippen LogP contribution in [0.25, 0.3) is 0 Å². The number of imidazole rings is 1. The Hall–Kier alpha value is -0.830. The van der Waals surface area contributed by atoms with Crippen LogP contribution < -0.4 is 0 Å². The Balaban J connectivity index is 1.80. The van der Waals surface area contributed by atoms with Crippen molar-refractivity contribution in [3.05, 3.63) is 18.2 Å². The second-order valence-corrected chi connectivity index (χ2v) is 5.99. The van der Waals surface area contributed by atoms with Crippen molar-refractivity contribution in [2.24, 2.45) is 0 Å². The molecule has 1 unspecified atom stereocenters. The Morgan fingerprint density at radius 1 is 1.00 bits per heavy atom. The molecule has 20 heavy (non-hydrogen) atoms. The number of nitrogens with zero attached hydrogens (tertiary/aromatic N) is 2. The second kappa shape index (κ2) is 10.9. The molecule has 0 bridgehead atoms. The standard InChI is InChI=1S/C17H32N2O/c1-16(20)12-10-8-6-4-3-5-7-9-11-14-19-15-13-18-17(19)2/h13,15-16,20H,3-12,14H2,1-2H3. The zero-order chi connectivity index (χ0) is 14.6. The molecule has 1 rings (SSSR count). The molecule has 116 valence electrons. The average molecular weight is 280 g/mol. The minimum Gasteiger partial charge on any atom is -0.393 e. The SMILES string of the molecule is Cc1nccn1CCCCCCCCCCCC(C)O. The van der Waals surface area contributed by atoms with Gasteiger partial charge in [-0.05, 0) is 26.7 Å². The highest BCUT2D eigenvalue weighted by atomic mass is 16.3. The molecule has 0 fully saturated rings. The monoisotopic (exact) mass is 280 g/mol. The summed E-state index contributed by atoms with van der Waals surface area (Å²) in [6, 6.07) is 0. The first-order valence-electron chi connectivity index (χ1n) is 8.36. The van der Waals surface area contributed by atoms with E-state index < -0.39 is 0 Å². The Bertz CT molecular complexity index is 333. The summed E-state index contributed by atoms with van der Waals surface area (Å²) in [5, 5.41) is 9.16. The summed E-state index contributed by atoms with van der Waals surface area (Å²) in [4.78, 5) is 4.24. The van der Waals surface area contributed by atoms with Crippen LogP contribution in [0.3, 0.4) is 0 Å². The quantitative estimate of drug-likeness (QED) is 0.573. The van der Waals surface area contributed by atoms with E-state index in [0.29, 0.717) is 0 Å². The summed E-state index contributed by atoms with van der Waals surface area (Å²) in [6.07, 6.45) is 16.7. The van der Waals surface area contributed by atoms with Crippen molar-refractivity contribution in [1.82, 2.24) is 9.55 Å². The lowest BCUT2D eigenvalue weighted by Gasteiger charge is -2.05. The molecule has 0 aliphatic carbocycles. The van der Waals surface area contributed by atoms with E-state index in [-0.39, 0.29) is 6.10 Å². The number of unbranched alkanes of at least 4 members (excludes halogenated alkanes) is 8. The fraction of sp³-hybridized carbons (Fsp3) is 0.824. The first-order chi connectivity index (χ1) is 9.70. The van der Waals surface area contributed by atoms with Crippen LogP contribution >= 0.6 is 0 Å². The number of aliphatic hydroxyl groups is 1. The van der Waals surface area contributed by atoms with Crippen molar-refractivity contribution in [2.75, 3.05) is 0 Å². The van der Waals surface area contributed by atoms with Crippen molar-refractivity contribution in [1.29, 1.82) is 0 Å². The van der Waals surface area contributed by atoms with E-state index in [2.05, 4.69) is 22.7 Å². The van der Waals surface area contributed by atoms with Crippen LogP contribution in [0.5, 0.6) is 0 Å². The minimum atomic E-state index is -0.117. The van der Waals surface area contributed by atoms with Gasteiger partial charge in [0.15, 0.2) is 0 Å². The van der Waals surface area contributed by atoms with Crippen LogP contribution in [0.2, 0.25) is 0 Å². The van der Waals surface area contributed by atoms with Crippen LogP contribution in [-0.4, -0.2) is 20.8 Å². The van der Waals surface area contributed by atoms with E-state index in [1.54, 1.807) is 0 Å². The molecule has 0 aromatic carbocycles. The summed E-state index contributed by atoms with van der Waals surface area (Å²) in [5.41, 5.74) is 0. The van der Waals surface area contributed by atoms with E-state index in [0.717, 1.165) is 18.8 Å². The Kier molecular flexibility index (Phi) is 9.38. The maximum Gasteiger partial charge on any atom is 0.105 e. The molecule has 1 heterocycles. The van der Waals surface area contributed by atoms with E-state index in [1.165, 1.54) is 57.8 Å². The van der Waals surface area contributed by atoms with Crippen molar-refractivity contribution in [3.63, 3.8) is 0 Å². The van der Waals surface area contributed by atoms with Gasteiger partial charge in [0.25, 0.3) is 0 Å². The van der Waals surface area contributed by atoms with Crippen LogP contribution in [0.4, 0.5) is 0 Å². The largest absolute Gasteiger partial charge is 0.393 e. The third-order valence-electron chi connectivity index (χ3n) is 3.94. The van der Waals surface area contributed by atoms with Gasteiger partial charge in [-0.1, -0.05) is 51.4 Å². The Morgan fingerprint density at radius 3 is 2.05 bits per heavy atom. The predicted octanol–water partition coefficient (Wildman–Crippen LogP) is 4.47. The molecule has 0 amide bonds. The van der Waals surface area contributed by atoms with Gasteiger partial charge in [0, 0.05) is 18.9 Å². The zero-order valence-electron chi connectivity index (χ0n) is 13.4. The number of hydrogen-bond acceptors (Lipinski definition) is 2. The number of aliphatic hydroxyl groups excluding tert-OH is 1. The lowest BCUT2D eigenvalue weighted by Crippen LogP contribution is -1.99. The van der Waals surface area contributed by atoms with Gasteiger partial charge in [0.1, 0.15) is 5.82 Å². The van der Waals surface area contributed by atoms with E-state index >= 15 is 0 Å². The molecule has 1 atom stereocenters. The lowest BCUT2D eigenvalue weighted by atomic mass is 10.1. The summed E-state index contributed by atoms with van der Waals surface area (Å²) < 4.78 is 2.24. The van der Waals surface area contributed by atoms with Gasteiger partial charge in [0.05, 0.1) is 6.10 Å². The molecule has 0 spiro atoms. The topological polar surface area (TPSA) is 38.0 Å². The van der Waals surface area contributed by atoms with Gasteiger partial charge >= 0.3 is 0 Å². The van der Waals surface area contributed by atoms with Crippen LogP contribution in [-0.2, 0) is 6.54 Å². The Morgan fingerprint density at radius 2 is 1.55 bits per heavy atom. The van der Waals surface area contributed by atoms with E-state index in [1.807, 2.05) is 13.1 Å². The van der Waals surface area contributed by atoms with E-state index in [9.17, 15) is 0 Å². The summed E-state index contributed by atoms with van der Waals surface area (Å²) in [5.74, 6) is 1.13.